The Morgan fingerprint density at radius 2 is 1.80 bits per heavy atom. The van der Waals surface area contributed by atoms with Crippen LogP contribution in [0.4, 0.5) is 0 Å². The minimum Gasteiger partial charge on any atom is -0.394 e. The number of ether oxygens (including phenoxy) is 2. The number of carbonyl (C=O) groups is 1. The summed E-state index contributed by atoms with van der Waals surface area (Å²) in [5.74, 6) is -0.0678. The van der Waals surface area contributed by atoms with Gasteiger partial charge in [-0.2, -0.15) is 0 Å². The maximum absolute atomic E-state index is 11.5. The SMILES string of the molecule is CNC(=O)CCNC1C(O)C(OC(C)(C)C)C(CO)OC1C(C)(C)C. The van der Waals surface area contributed by atoms with Crippen molar-refractivity contribution < 1.29 is 24.5 Å². The van der Waals surface area contributed by atoms with E-state index in [-0.39, 0.29) is 24.0 Å². The number of hydrogen-bond acceptors (Lipinski definition) is 6. The number of hydrogen-bond donors (Lipinski definition) is 4. The van der Waals surface area contributed by atoms with Crippen molar-refractivity contribution in [3.05, 3.63) is 0 Å². The predicted octanol–water partition coefficient (Wildman–Crippen LogP) is 0.431. The average Bonchev–Trinajstić information content (AvgIpc) is 2.48. The van der Waals surface area contributed by atoms with Gasteiger partial charge in [-0.1, -0.05) is 20.8 Å². The second kappa shape index (κ2) is 8.77. The van der Waals surface area contributed by atoms with Crippen molar-refractivity contribution >= 4 is 5.91 Å². The summed E-state index contributed by atoms with van der Waals surface area (Å²) < 4.78 is 12.1. The molecule has 1 amide bonds. The van der Waals surface area contributed by atoms with Crippen LogP contribution in [0, 0.1) is 5.41 Å². The van der Waals surface area contributed by atoms with Crippen LogP contribution in [0.3, 0.4) is 0 Å². The summed E-state index contributed by atoms with van der Waals surface area (Å²) in [7, 11) is 1.60. The summed E-state index contributed by atoms with van der Waals surface area (Å²) in [5.41, 5.74) is -0.741. The summed E-state index contributed by atoms with van der Waals surface area (Å²) in [6, 6.07) is -0.403. The molecule has 1 saturated heterocycles. The van der Waals surface area contributed by atoms with Crippen molar-refractivity contribution in [2.75, 3.05) is 20.2 Å². The third-order valence-electron chi connectivity index (χ3n) is 4.25. The van der Waals surface area contributed by atoms with E-state index in [4.69, 9.17) is 9.47 Å². The summed E-state index contributed by atoms with van der Waals surface area (Å²) in [6.07, 6.45) is -2.13. The van der Waals surface area contributed by atoms with E-state index in [1.807, 2.05) is 41.5 Å². The Bertz CT molecular complexity index is 430. The van der Waals surface area contributed by atoms with E-state index in [9.17, 15) is 15.0 Å². The van der Waals surface area contributed by atoms with Crippen LogP contribution in [0.15, 0.2) is 0 Å². The summed E-state index contributed by atoms with van der Waals surface area (Å²) in [5, 5.41) is 26.5. The normalized spacial score (nSPS) is 31.0. The van der Waals surface area contributed by atoms with Crippen molar-refractivity contribution in [1.29, 1.82) is 0 Å². The van der Waals surface area contributed by atoms with Crippen LogP contribution in [0.5, 0.6) is 0 Å². The van der Waals surface area contributed by atoms with Gasteiger partial charge in [0.2, 0.25) is 5.91 Å². The fourth-order valence-corrected chi connectivity index (χ4v) is 3.10. The van der Waals surface area contributed by atoms with Crippen LogP contribution in [-0.2, 0) is 14.3 Å². The molecule has 1 fully saturated rings. The molecule has 1 heterocycles. The minimum absolute atomic E-state index is 0.0678. The highest BCUT2D eigenvalue weighted by Crippen LogP contribution is 2.35. The highest BCUT2D eigenvalue weighted by molar-refractivity contribution is 5.75. The molecule has 1 aliphatic heterocycles. The Hall–Kier alpha value is -0.730. The first-order valence-electron chi connectivity index (χ1n) is 8.97. The summed E-state index contributed by atoms with van der Waals surface area (Å²) in [6.45, 7) is 12.0. The molecular formula is C18H36N2O5. The Morgan fingerprint density at radius 1 is 1.20 bits per heavy atom. The molecule has 5 atom stereocenters. The lowest BCUT2D eigenvalue weighted by Crippen LogP contribution is -2.67. The van der Waals surface area contributed by atoms with Gasteiger partial charge in [-0.05, 0) is 26.2 Å². The molecule has 1 rings (SSSR count). The van der Waals surface area contributed by atoms with Gasteiger partial charge in [0.15, 0.2) is 0 Å². The Labute approximate surface area is 151 Å². The molecule has 0 radical (unpaired) electrons. The molecule has 0 aromatic carbocycles. The number of nitrogens with one attached hydrogen (secondary N) is 2. The van der Waals surface area contributed by atoms with Crippen molar-refractivity contribution in [2.45, 2.75) is 84.0 Å². The van der Waals surface area contributed by atoms with Crippen LogP contribution in [-0.4, -0.2) is 72.4 Å². The molecule has 5 unspecified atom stereocenters. The smallest absolute Gasteiger partial charge is 0.221 e. The summed E-state index contributed by atoms with van der Waals surface area (Å²) in [4.78, 5) is 11.5. The topological polar surface area (TPSA) is 100 Å². The zero-order valence-corrected chi connectivity index (χ0v) is 16.6. The Balaban J connectivity index is 2.98. The molecule has 0 aromatic heterocycles. The molecule has 25 heavy (non-hydrogen) atoms. The second-order valence-corrected chi connectivity index (χ2v) is 8.73. The van der Waals surface area contributed by atoms with Gasteiger partial charge in [-0.15, -0.1) is 0 Å². The van der Waals surface area contributed by atoms with Gasteiger partial charge in [-0.3, -0.25) is 4.79 Å². The number of amides is 1. The first kappa shape index (κ1) is 22.3. The number of aliphatic hydroxyl groups excluding tert-OH is 2. The molecule has 0 bridgehead atoms. The van der Waals surface area contributed by atoms with Gasteiger partial charge in [0.25, 0.3) is 0 Å². The molecule has 0 aromatic rings. The van der Waals surface area contributed by atoms with E-state index in [0.717, 1.165) is 0 Å². The van der Waals surface area contributed by atoms with Crippen LogP contribution in [0.2, 0.25) is 0 Å². The maximum atomic E-state index is 11.5. The molecule has 7 nitrogen and oxygen atoms in total. The first-order chi connectivity index (χ1) is 11.4. The van der Waals surface area contributed by atoms with Gasteiger partial charge in [0.1, 0.15) is 18.3 Å². The predicted molar refractivity (Wildman–Crippen MR) is 96.3 cm³/mol. The van der Waals surface area contributed by atoms with Gasteiger partial charge >= 0.3 is 0 Å². The molecule has 148 valence electrons. The molecule has 7 heteroatoms. The van der Waals surface area contributed by atoms with Crippen molar-refractivity contribution in [3.8, 4) is 0 Å². The highest BCUT2D eigenvalue weighted by atomic mass is 16.6. The average molecular weight is 360 g/mol. The molecule has 1 aliphatic rings. The van der Waals surface area contributed by atoms with E-state index >= 15 is 0 Å². The third kappa shape index (κ3) is 6.49. The lowest BCUT2D eigenvalue weighted by Gasteiger charge is -2.50. The molecule has 4 N–H and O–H groups in total. The van der Waals surface area contributed by atoms with Crippen molar-refractivity contribution in [3.63, 3.8) is 0 Å². The third-order valence-corrected chi connectivity index (χ3v) is 4.25. The van der Waals surface area contributed by atoms with Crippen molar-refractivity contribution in [2.24, 2.45) is 5.41 Å². The lowest BCUT2D eigenvalue weighted by atomic mass is 9.78. The van der Waals surface area contributed by atoms with Crippen LogP contribution in [0.25, 0.3) is 0 Å². The van der Waals surface area contributed by atoms with Gasteiger partial charge < -0.3 is 30.3 Å². The molecular weight excluding hydrogens is 324 g/mol. The minimum atomic E-state index is -0.862. The number of rotatable bonds is 6. The van der Waals surface area contributed by atoms with E-state index in [1.54, 1.807) is 7.05 Å². The van der Waals surface area contributed by atoms with Gasteiger partial charge in [-0.25, -0.2) is 0 Å². The Kier molecular flexibility index (Phi) is 7.83. The van der Waals surface area contributed by atoms with Gasteiger partial charge in [0.05, 0.1) is 24.4 Å². The van der Waals surface area contributed by atoms with E-state index in [2.05, 4.69) is 10.6 Å². The van der Waals surface area contributed by atoms with Crippen LogP contribution < -0.4 is 10.6 Å². The van der Waals surface area contributed by atoms with Crippen LogP contribution in [0.1, 0.15) is 48.0 Å². The monoisotopic (exact) mass is 360 g/mol. The van der Waals surface area contributed by atoms with Crippen molar-refractivity contribution in [1.82, 2.24) is 10.6 Å². The highest BCUT2D eigenvalue weighted by Gasteiger charge is 2.50. The van der Waals surface area contributed by atoms with Crippen LogP contribution >= 0.6 is 0 Å². The zero-order chi connectivity index (χ0) is 19.4. The number of carbonyl (C=O) groups excluding carboxylic acids is 1. The first-order valence-corrected chi connectivity index (χ1v) is 8.97. The molecule has 0 aliphatic carbocycles. The van der Waals surface area contributed by atoms with E-state index in [1.165, 1.54) is 0 Å². The Morgan fingerprint density at radius 3 is 2.24 bits per heavy atom. The van der Waals surface area contributed by atoms with Gasteiger partial charge in [0, 0.05) is 20.0 Å². The largest absolute Gasteiger partial charge is 0.394 e. The number of aliphatic hydroxyl groups is 2. The lowest BCUT2D eigenvalue weighted by molar-refractivity contribution is -0.250. The quantitative estimate of drug-likeness (QED) is 0.548. The van der Waals surface area contributed by atoms with E-state index < -0.39 is 30.0 Å². The fourth-order valence-electron chi connectivity index (χ4n) is 3.10. The second-order valence-electron chi connectivity index (χ2n) is 8.73. The standard InChI is InChI=1S/C18H36N2O5/c1-17(2,3)16-13(20-9-8-12(22)19-7)14(23)15(11(10-21)24-16)25-18(4,5)6/h11,13-16,20-21,23H,8-10H2,1-7H3,(H,19,22). The summed E-state index contributed by atoms with van der Waals surface area (Å²) >= 11 is 0. The zero-order valence-electron chi connectivity index (χ0n) is 16.6. The molecule has 0 spiro atoms. The molecule has 0 saturated carbocycles. The maximum Gasteiger partial charge on any atom is 0.221 e. The van der Waals surface area contributed by atoms with E-state index in [0.29, 0.717) is 13.0 Å². The fraction of sp³-hybridized carbons (Fsp3) is 0.944.